The molecule has 0 aromatic carbocycles. The van der Waals surface area contributed by atoms with E-state index in [4.69, 9.17) is 0 Å². The van der Waals surface area contributed by atoms with Gasteiger partial charge >= 0.3 is 5.97 Å². The van der Waals surface area contributed by atoms with Gasteiger partial charge in [0, 0.05) is 6.54 Å². The number of hydrogen-bond donors (Lipinski definition) is 2. The average Bonchev–Trinajstić information content (AvgIpc) is 3.13. The zero-order chi connectivity index (χ0) is 14.1. The van der Waals surface area contributed by atoms with Crippen molar-refractivity contribution in [2.24, 2.45) is 23.7 Å². The van der Waals surface area contributed by atoms with Gasteiger partial charge < -0.3 is 10.4 Å². The summed E-state index contributed by atoms with van der Waals surface area (Å²) in [6.45, 7) is 0.634. The van der Waals surface area contributed by atoms with Crippen LogP contribution in [-0.4, -0.2) is 23.5 Å². The Morgan fingerprint density at radius 2 is 2.00 bits per heavy atom. The third-order valence-corrected chi connectivity index (χ3v) is 4.93. The van der Waals surface area contributed by atoms with Crippen LogP contribution in [0, 0.1) is 23.7 Å². The van der Waals surface area contributed by atoms with E-state index in [1.807, 2.05) is 12.2 Å². The Labute approximate surface area is 118 Å². The average molecular weight is 275 g/mol. The van der Waals surface area contributed by atoms with Crippen LogP contribution in [0.5, 0.6) is 0 Å². The predicted octanol–water partition coefficient (Wildman–Crippen LogP) is 2.13. The lowest BCUT2D eigenvalue weighted by Crippen LogP contribution is -2.40. The smallest absolute Gasteiger partial charge is 0.307 e. The van der Waals surface area contributed by atoms with Gasteiger partial charge in [-0.1, -0.05) is 23.8 Å². The fourth-order valence-corrected chi connectivity index (χ4v) is 3.94. The molecule has 4 heteroatoms. The molecule has 3 aliphatic rings. The van der Waals surface area contributed by atoms with Crippen LogP contribution in [0.3, 0.4) is 0 Å². The second-order valence-electron chi connectivity index (χ2n) is 6.13. The number of amides is 1. The Morgan fingerprint density at radius 3 is 2.65 bits per heavy atom. The van der Waals surface area contributed by atoms with Crippen LogP contribution < -0.4 is 5.32 Å². The molecule has 0 heterocycles. The minimum absolute atomic E-state index is 0.0470. The first-order chi connectivity index (χ1) is 9.66. The van der Waals surface area contributed by atoms with E-state index in [2.05, 4.69) is 11.4 Å². The lowest BCUT2D eigenvalue weighted by molar-refractivity contribution is -0.147. The lowest BCUT2D eigenvalue weighted by atomic mass is 9.82. The van der Waals surface area contributed by atoms with E-state index in [0.717, 1.165) is 25.7 Å². The topological polar surface area (TPSA) is 66.4 Å². The van der Waals surface area contributed by atoms with E-state index in [0.29, 0.717) is 6.54 Å². The molecule has 4 nitrogen and oxygen atoms in total. The maximum Gasteiger partial charge on any atom is 0.307 e. The summed E-state index contributed by atoms with van der Waals surface area (Å²) in [5.74, 6) is -1.65. The van der Waals surface area contributed by atoms with E-state index >= 15 is 0 Å². The van der Waals surface area contributed by atoms with Crippen LogP contribution in [0.2, 0.25) is 0 Å². The number of aliphatic carboxylic acids is 1. The summed E-state index contributed by atoms with van der Waals surface area (Å²) >= 11 is 0. The van der Waals surface area contributed by atoms with Gasteiger partial charge in [0.05, 0.1) is 11.8 Å². The molecule has 0 aliphatic heterocycles. The molecular formula is C16H21NO3. The summed E-state index contributed by atoms with van der Waals surface area (Å²) in [5, 5.41) is 12.3. The van der Waals surface area contributed by atoms with Crippen molar-refractivity contribution in [3.63, 3.8) is 0 Å². The third kappa shape index (κ3) is 2.39. The highest BCUT2D eigenvalue weighted by atomic mass is 16.4. The minimum atomic E-state index is -0.833. The zero-order valence-corrected chi connectivity index (χ0v) is 11.5. The summed E-state index contributed by atoms with van der Waals surface area (Å²) in [6, 6.07) is 0. The van der Waals surface area contributed by atoms with Gasteiger partial charge in [0.15, 0.2) is 0 Å². The number of hydrogen-bond acceptors (Lipinski definition) is 2. The van der Waals surface area contributed by atoms with E-state index in [1.165, 1.54) is 12.0 Å². The van der Waals surface area contributed by atoms with E-state index in [-0.39, 0.29) is 23.7 Å². The van der Waals surface area contributed by atoms with Crippen molar-refractivity contribution in [2.75, 3.05) is 6.54 Å². The predicted molar refractivity (Wildman–Crippen MR) is 74.9 cm³/mol. The van der Waals surface area contributed by atoms with Gasteiger partial charge in [-0.2, -0.15) is 0 Å². The van der Waals surface area contributed by atoms with Crippen LogP contribution >= 0.6 is 0 Å². The number of carboxylic acids is 1. The standard InChI is InChI=1S/C16H21NO3/c18-15(17-8-7-10-3-1-2-4-10)13-11-5-6-12(9-11)14(13)16(19)20/h3,5-6,11-14H,1-2,4,7-9H2,(H,17,18)(H,19,20). The Morgan fingerprint density at radius 1 is 1.25 bits per heavy atom. The van der Waals surface area contributed by atoms with Crippen molar-refractivity contribution in [2.45, 2.75) is 32.1 Å². The number of rotatable bonds is 5. The molecule has 0 aromatic rings. The number of carbonyl (C=O) groups is 2. The van der Waals surface area contributed by atoms with Crippen molar-refractivity contribution >= 4 is 11.9 Å². The van der Waals surface area contributed by atoms with Gasteiger partial charge in [0.2, 0.25) is 5.91 Å². The number of carbonyl (C=O) groups excluding carboxylic acids is 1. The molecule has 3 rings (SSSR count). The molecule has 2 bridgehead atoms. The SMILES string of the molecule is O=C(O)C1C2C=CC(C2)C1C(=O)NCCC1=CCCC1. The molecule has 0 radical (unpaired) electrons. The number of allylic oxidation sites excluding steroid dienone is 3. The molecule has 0 aromatic heterocycles. The summed E-state index contributed by atoms with van der Waals surface area (Å²) in [7, 11) is 0. The van der Waals surface area contributed by atoms with Gasteiger partial charge in [0.25, 0.3) is 0 Å². The minimum Gasteiger partial charge on any atom is -0.481 e. The Kier molecular flexibility index (Phi) is 3.64. The molecule has 2 N–H and O–H groups in total. The Bertz CT molecular complexity index is 480. The van der Waals surface area contributed by atoms with Crippen molar-refractivity contribution in [3.05, 3.63) is 23.8 Å². The van der Waals surface area contributed by atoms with Gasteiger partial charge in [-0.3, -0.25) is 9.59 Å². The highest BCUT2D eigenvalue weighted by Gasteiger charge is 2.51. The van der Waals surface area contributed by atoms with Crippen molar-refractivity contribution in [3.8, 4) is 0 Å². The summed E-state index contributed by atoms with van der Waals surface area (Å²) in [4.78, 5) is 23.7. The van der Waals surface area contributed by atoms with Crippen molar-refractivity contribution < 1.29 is 14.7 Å². The Balaban J connectivity index is 1.56. The third-order valence-electron chi connectivity index (χ3n) is 4.93. The van der Waals surface area contributed by atoms with Gasteiger partial charge in [0.1, 0.15) is 0 Å². The van der Waals surface area contributed by atoms with Crippen LogP contribution in [-0.2, 0) is 9.59 Å². The molecule has 0 saturated heterocycles. The Hall–Kier alpha value is -1.58. The first kappa shape index (κ1) is 13.4. The summed E-state index contributed by atoms with van der Waals surface area (Å²) in [6.07, 6.45) is 11.5. The second-order valence-corrected chi connectivity index (χ2v) is 6.13. The largest absolute Gasteiger partial charge is 0.481 e. The molecule has 4 unspecified atom stereocenters. The number of fused-ring (bicyclic) bond motifs is 2. The number of carboxylic acid groups (broad SMARTS) is 1. The maximum absolute atomic E-state index is 12.3. The van der Waals surface area contributed by atoms with Crippen LogP contribution in [0.1, 0.15) is 32.1 Å². The van der Waals surface area contributed by atoms with E-state index in [1.54, 1.807) is 0 Å². The van der Waals surface area contributed by atoms with Crippen molar-refractivity contribution in [1.29, 1.82) is 0 Å². The highest BCUT2D eigenvalue weighted by molar-refractivity contribution is 5.86. The number of nitrogens with one attached hydrogen (secondary N) is 1. The first-order valence-corrected chi connectivity index (χ1v) is 7.53. The van der Waals surface area contributed by atoms with Gasteiger partial charge in [-0.25, -0.2) is 0 Å². The van der Waals surface area contributed by atoms with Crippen LogP contribution in [0.4, 0.5) is 0 Å². The van der Waals surface area contributed by atoms with Gasteiger partial charge in [-0.15, -0.1) is 0 Å². The molecule has 3 aliphatic carbocycles. The fourth-order valence-electron chi connectivity index (χ4n) is 3.94. The monoisotopic (exact) mass is 275 g/mol. The molecule has 1 amide bonds. The molecule has 1 saturated carbocycles. The molecule has 4 atom stereocenters. The normalized spacial score (nSPS) is 34.3. The highest BCUT2D eigenvalue weighted by Crippen LogP contribution is 2.48. The van der Waals surface area contributed by atoms with Crippen LogP contribution in [0.25, 0.3) is 0 Å². The molecule has 20 heavy (non-hydrogen) atoms. The maximum atomic E-state index is 12.3. The first-order valence-electron chi connectivity index (χ1n) is 7.53. The van der Waals surface area contributed by atoms with E-state index in [9.17, 15) is 14.7 Å². The molecule has 108 valence electrons. The molecule has 0 spiro atoms. The van der Waals surface area contributed by atoms with Crippen LogP contribution in [0.15, 0.2) is 23.8 Å². The zero-order valence-electron chi connectivity index (χ0n) is 11.5. The second kappa shape index (κ2) is 5.43. The molecular weight excluding hydrogens is 254 g/mol. The van der Waals surface area contributed by atoms with E-state index < -0.39 is 11.9 Å². The van der Waals surface area contributed by atoms with Gasteiger partial charge in [-0.05, 0) is 43.9 Å². The van der Waals surface area contributed by atoms with Crippen molar-refractivity contribution in [1.82, 2.24) is 5.32 Å². The molecule has 1 fully saturated rings. The summed E-state index contributed by atoms with van der Waals surface area (Å²) in [5.41, 5.74) is 1.42. The summed E-state index contributed by atoms with van der Waals surface area (Å²) < 4.78 is 0. The lowest BCUT2D eigenvalue weighted by Gasteiger charge is -2.23. The fraction of sp³-hybridized carbons (Fsp3) is 0.625. The quantitative estimate of drug-likeness (QED) is 0.755.